The van der Waals surface area contributed by atoms with Gasteiger partial charge in [0.2, 0.25) is 5.91 Å². The third-order valence-electron chi connectivity index (χ3n) is 4.00. The molecule has 2 rings (SSSR count). The van der Waals surface area contributed by atoms with Crippen LogP contribution in [0.5, 0.6) is 0 Å². The number of rotatable bonds is 2. The van der Waals surface area contributed by atoms with Crippen LogP contribution in [-0.4, -0.2) is 49.6 Å². The van der Waals surface area contributed by atoms with E-state index in [1.165, 1.54) is 19.3 Å². The molecule has 0 aromatic carbocycles. The lowest BCUT2D eigenvalue weighted by atomic mass is 9.80. The lowest BCUT2D eigenvalue weighted by Crippen LogP contribution is -2.60. The lowest BCUT2D eigenvalue weighted by molar-refractivity contribution is -0.140. The summed E-state index contributed by atoms with van der Waals surface area (Å²) in [4.78, 5) is 14.6. The maximum atomic E-state index is 12.5. The maximum Gasteiger partial charge on any atom is 0.242 e. The van der Waals surface area contributed by atoms with Crippen molar-refractivity contribution in [3.05, 3.63) is 0 Å². The van der Waals surface area contributed by atoms with E-state index in [2.05, 4.69) is 10.6 Å². The van der Waals surface area contributed by atoms with Gasteiger partial charge in [-0.2, -0.15) is 0 Å². The minimum absolute atomic E-state index is 0.254. The second kappa shape index (κ2) is 5.15. The molecule has 4 heteroatoms. The lowest BCUT2D eigenvalue weighted by Gasteiger charge is -2.41. The van der Waals surface area contributed by atoms with Crippen LogP contribution in [0.15, 0.2) is 0 Å². The van der Waals surface area contributed by atoms with Crippen molar-refractivity contribution in [3.63, 3.8) is 0 Å². The summed E-state index contributed by atoms with van der Waals surface area (Å²) in [5, 5.41) is 6.59. The highest BCUT2D eigenvalue weighted by atomic mass is 16.2. The van der Waals surface area contributed by atoms with Gasteiger partial charge in [0.1, 0.15) is 0 Å². The van der Waals surface area contributed by atoms with Gasteiger partial charge in [-0.25, -0.2) is 0 Å². The van der Waals surface area contributed by atoms with Crippen LogP contribution in [-0.2, 0) is 4.79 Å². The molecule has 2 aliphatic rings. The zero-order chi connectivity index (χ0) is 11.4. The molecule has 1 amide bonds. The van der Waals surface area contributed by atoms with Crippen molar-refractivity contribution < 1.29 is 4.79 Å². The molecule has 0 aromatic rings. The zero-order valence-corrected chi connectivity index (χ0v) is 10.2. The van der Waals surface area contributed by atoms with Gasteiger partial charge in [-0.1, -0.05) is 19.3 Å². The summed E-state index contributed by atoms with van der Waals surface area (Å²) in [6.07, 6.45) is 5.65. The highest BCUT2D eigenvalue weighted by Gasteiger charge is 2.40. The summed E-state index contributed by atoms with van der Waals surface area (Å²) >= 11 is 0. The third-order valence-corrected chi connectivity index (χ3v) is 4.00. The molecule has 1 saturated heterocycles. The predicted octanol–water partition coefficient (Wildman–Crippen LogP) is 0.341. The van der Waals surface area contributed by atoms with Crippen molar-refractivity contribution in [2.75, 3.05) is 33.2 Å². The van der Waals surface area contributed by atoms with Gasteiger partial charge >= 0.3 is 0 Å². The molecule has 92 valence electrons. The molecular weight excluding hydrogens is 202 g/mol. The molecule has 16 heavy (non-hydrogen) atoms. The quantitative estimate of drug-likeness (QED) is 0.712. The zero-order valence-electron chi connectivity index (χ0n) is 10.2. The SMILES string of the molecule is CNC1(C(=O)N2CCNCC2)CCCCC1. The Kier molecular flexibility index (Phi) is 3.82. The molecule has 2 N–H and O–H groups in total. The first-order valence-electron chi connectivity index (χ1n) is 6.47. The molecule has 1 saturated carbocycles. The van der Waals surface area contributed by atoms with E-state index in [9.17, 15) is 4.79 Å². The first kappa shape index (κ1) is 11.9. The number of hydrogen-bond acceptors (Lipinski definition) is 3. The monoisotopic (exact) mass is 225 g/mol. The highest BCUT2D eigenvalue weighted by molar-refractivity contribution is 5.86. The van der Waals surface area contributed by atoms with Crippen LogP contribution in [0.25, 0.3) is 0 Å². The van der Waals surface area contributed by atoms with Crippen LogP contribution in [0, 0.1) is 0 Å². The van der Waals surface area contributed by atoms with Crippen LogP contribution >= 0.6 is 0 Å². The third kappa shape index (κ3) is 2.23. The first-order chi connectivity index (χ1) is 7.78. The van der Waals surface area contributed by atoms with Crippen molar-refractivity contribution in [2.45, 2.75) is 37.6 Å². The second-order valence-electron chi connectivity index (χ2n) is 4.93. The van der Waals surface area contributed by atoms with Crippen molar-refractivity contribution >= 4 is 5.91 Å². The summed E-state index contributed by atoms with van der Waals surface area (Å²) in [5.41, 5.74) is -0.254. The number of nitrogens with one attached hydrogen (secondary N) is 2. The van der Waals surface area contributed by atoms with Crippen LogP contribution in [0.2, 0.25) is 0 Å². The van der Waals surface area contributed by atoms with Crippen molar-refractivity contribution in [3.8, 4) is 0 Å². The number of nitrogens with zero attached hydrogens (tertiary/aromatic N) is 1. The van der Waals surface area contributed by atoms with Gasteiger partial charge < -0.3 is 15.5 Å². The molecule has 0 spiro atoms. The van der Waals surface area contributed by atoms with Gasteiger partial charge in [0.15, 0.2) is 0 Å². The Hall–Kier alpha value is -0.610. The average Bonchev–Trinajstić information content (AvgIpc) is 2.39. The van der Waals surface area contributed by atoms with Crippen LogP contribution < -0.4 is 10.6 Å². The molecule has 0 bridgehead atoms. The van der Waals surface area contributed by atoms with Gasteiger partial charge in [-0.3, -0.25) is 4.79 Å². The standard InChI is InChI=1S/C12H23N3O/c1-13-12(5-3-2-4-6-12)11(16)15-9-7-14-8-10-15/h13-14H,2-10H2,1H3. The van der Waals surface area contributed by atoms with Gasteiger partial charge in [-0.05, 0) is 19.9 Å². The fourth-order valence-electron chi connectivity index (χ4n) is 2.90. The van der Waals surface area contributed by atoms with E-state index in [1.807, 2.05) is 11.9 Å². The van der Waals surface area contributed by atoms with E-state index in [-0.39, 0.29) is 5.54 Å². The minimum atomic E-state index is -0.254. The summed E-state index contributed by atoms with van der Waals surface area (Å²) in [6, 6.07) is 0. The Morgan fingerprint density at radius 3 is 2.38 bits per heavy atom. The maximum absolute atomic E-state index is 12.5. The normalized spacial score (nSPS) is 25.4. The Balaban J connectivity index is 2.04. The van der Waals surface area contributed by atoms with Gasteiger partial charge in [-0.15, -0.1) is 0 Å². The van der Waals surface area contributed by atoms with E-state index in [1.54, 1.807) is 0 Å². The Bertz CT molecular complexity index is 243. The summed E-state index contributed by atoms with van der Waals surface area (Å²) in [5.74, 6) is 0.330. The molecule has 0 radical (unpaired) electrons. The number of piperazine rings is 1. The second-order valence-corrected chi connectivity index (χ2v) is 4.93. The van der Waals surface area contributed by atoms with Crippen molar-refractivity contribution in [1.29, 1.82) is 0 Å². The molecular formula is C12H23N3O. The van der Waals surface area contributed by atoms with Gasteiger partial charge in [0.05, 0.1) is 5.54 Å². The predicted molar refractivity (Wildman–Crippen MR) is 64.3 cm³/mol. The average molecular weight is 225 g/mol. The molecule has 2 fully saturated rings. The molecule has 0 aromatic heterocycles. The summed E-state index contributed by atoms with van der Waals surface area (Å²) in [6.45, 7) is 3.60. The highest BCUT2D eigenvalue weighted by Crippen LogP contribution is 2.29. The fourth-order valence-corrected chi connectivity index (χ4v) is 2.90. The molecule has 0 unspecified atom stereocenters. The summed E-state index contributed by atoms with van der Waals surface area (Å²) in [7, 11) is 1.94. The van der Waals surface area contributed by atoms with E-state index < -0.39 is 0 Å². The van der Waals surface area contributed by atoms with Crippen LogP contribution in [0.1, 0.15) is 32.1 Å². The smallest absolute Gasteiger partial charge is 0.242 e. The van der Waals surface area contributed by atoms with E-state index >= 15 is 0 Å². The van der Waals surface area contributed by atoms with E-state index in [4.69, 9.17) is 0 Å². The van der Waals surface area contributed by atoms with Crippen molar-refractivity contribution in [1.82, 2.24) is 15.5 Å². The number of amides is 1. The van der Waals surface area contributed by atoms with E-state index in [0.29, 0.717) is 5.91 Å². The molecule has 1 aliphatic carbocycles. The minimum Gasteiger partial charge on any atom is -0.339 e. The Morgan fingerprint density at radius 2 is 1.81 bits per heavy atom. The Labute approximate surface area is 97.8 Å². The topological polar surface area (TPSA) is 44.4 Å². The number of carbonyl (C=O) groups is 1. The van der Waals surface area contributed by atoms with Crippen molar-refractivity contribution in [2.24, 2.45) is 0 Å². The number of hydrogen-bond donors (Lipinski definition) is 2. The fraction of sp³-hybridized carbons (Fsp3) is 0.917. The van der Waals surface area contributed by atoms with Crippen LogP contribution in [0.4, 0.5) is 0 Å². The largest absolute Gasteiger partial charge is 0.339 e. The molecule has 1 aliphatic heterocycles. The number of likely N-dealkylation sites (N-methyl/N-ethyl adjacent to an activating group) is 1. The summed E-state index contributed by atoms with van der Waals surface area (Å²) < 4.78 is 0. The van der Waals surface area contributed by atoms with Gasteiger partial charge in [0.25, 0.3) is 0 Å². The molecule has 4 nitrogen and oxygen atoms in total. The Morgan fingerprint density at radius 1 is 1.19 bits per heavy atom. The van der Waals surface area contributed by atoms with Gasteiger partial charge in [0, 0.05) is 26.2 Å². The van der Waals surface area contributed by atoms with Crippen LogP contribution in [0.3, 0.4) is 0 Å². The molecule has 0 atom stereocenters. The first-order valence-corrected chi connectivity index (χ1v) is 6.47. The number of carbonyl (C=O) groups excluding carboxylic acids is 1. The molecule has 1 heterocycles. The van der Waals surface area contributed by atoms with E-state index in [0.717, 1.165) is 39.0 Å².